The first-order chi connectivity index (χ1) is 3.93. The Labute approximate surface area is 50.7 Å². The molecule has 0 amide bonds. The van der Waals surface area contributed by atoms with E-state index in [0.717, 1.165) is 5.92 Å². The highest BCUT2D eigenvalue weighted by Gasteiger charge is 2.11. The van der Waals surface area contributed by atoms with E-state index in [1.54, 1.807) is 0 Å². The minimum absolute atomic E-state index is 0.889. The van der Waals surface area contributed by atoms with Crippen molar-refractivity contribution in [1.82, 2.24) is 10.6 Å². The van der Waals surface area contributed by atoms with Crippen LogP contribution in [0, 0.1) is 5.92 Å². The molecule has 2 nitrogen and oxygen atoms in total. The van der Waals surface area contributed by atoms with Gasteiger partial charge in [-0.2, -0.15) is 0 Å². The van der Waals surface area contributed by atoms with Crippen molar-refractivity contribution in [2.75, 3.05) is 26.7 Å². The molecular formula is C6H14N2. The van der Waals surface area contributed by atoms with E-state index in [9.17, 15) is 0 Å². The molecule has 1 aliphatic rings. The highest BCUT2D eigenvalue weighted by molar-refractivity contribution is 4.71. The second-order valence-electron chi connectivity index (χ2n) is 2.42. The van der Waals surface area contributed by atoms with Crippen molar-refractivity contribution >= 4 is 0 Å². The van der Waals surface area contributed by atoms with Crippen molar-refractivity contribution in [3.63, 3.8) is 0 Å². The summed E-state index contributed by atoms with van der Waals surface area (Å²) in [5.74, 6) is 0.889. The zero-order valence-corrected chi connectivity index (χ0v) is 5.41. The van der Waals surface area contributed by atoms with Gasteiger partial charge in [0.2, 0.25) is 0 Å². The zero-order valence-electron chi connectivity index (χ0n) is 5.41. The maximum Gasteiger partial charge on any atom is -0.000790 e. The summed E-state index contributed by atoms with van der Waals surface area (Å²) in [6, 6.07) is 0. The van der Waals surface area contributed by atoms with Crippen molar-refractivity contribution in [1.29, 1.82) is 0 Å². The van der Waals surface area contributed by atoms with Gasteiger partial charge in [-0.15, -0.1) is 0 Å². The van der Waals surface area contributed by atoms with Crippen molar-refractivity contribution in [2.24, 2.45) is 5.92 Å². The molecule has 1 atom stereocenters. The van der Waals surface area contributed by atoms with E-state index < -0.39 is 0 Å². The number of rotatable bonds is 2. The van der Waals surface area contributed by atoms with Crippen LogP contribution in [0.15, 0.2) is 0 Å². The van der Waals surface area contributed by atoms with Crippen molar-refractivity contribution in [3.8, 4) is 0 Å². The number of hydrogen-bond acceptors (Lipinski definition) is 2. The van der Waals surface area contributed by atoms with Crippen LogP contribution in [0.4, 0.5) is 0 Å². The van der Waals surface area contributed by atoms with Crippen LogP contribution >= 0.6 is 0 Å². The maximum atomic E-state index is 3.32. The van der Waals surface area contributed by atoms with Gasteiger partial charge in [-0.25, -0.2) is 0 Å². The Kier molecular flexibility index (Phi) is 2.30. The van der Waals surface area contributed by atoms with Gasteiger partial charge in [0.05, 0.1) is 0 Å². The maximum absolute atomic E-state index is 3.32. The molecule has 0 aromatic heterocycles. The summed E-state index contributed by atoms with van der Waals surface area (Å²) in [6.07, 6.45) is 1.35. The van der Waals surface area contributed by atoms with E-state index in [0.29, 0.717) is 0 Å². The summed E-state index contributed by atoms with van der Waals surface area (Å²) in [7, 11) is 2.01. The molecule has 0 unspecified atom stereocenters. The van der Waals surface area contributed by atoms with Gasteiger partial charge in [0.1, 0.15) is 0 Å². The lowest BCUT2D eigenvalue weighted by molar-refractivity contribution is 0.544. The van der Waals surface area contributed by atoms with Gasteiger partial charge in [0.25, 0.3) is 0 Å². The molecule has 0 saturated carbocycles. The van der Waals surface area contributed by atoms with Crippen LogP contribution in [0.25, 0.3) is 0 Å². The molecule has 0 aliphatic carbocycles. The highest BCUT2D eigenvalue weighted by atomic mass is 14.9. The van der Waals surface area contributed by atoms with Gasteiger partial charge in [0, 0.05) is 0 Å². The fourth-order valence-electron chi connectivity index (χ4n) is 1.18. The Balaban J connectivity index is 2.06. The van der Waals surface area contributed by atoms with E-state index >= 15 is 0 Å². The topological polar surface area (TPSA) is 24.1 Å². The Morgan fingerprint density at radius 2 is 2.62 bits per heavy atom. The van der Waals surface area contributed by atoms with Crippen LogP contribution in [0.3, 0.4) is 0 Å². The van der Waals surface area contributed by atoms with Crippen molar-refractivity contribution in [2.45, 2.75) is 6.42 Å². The minimum Gasteiger partial charge on any atom is -0.319 e. The number of nitrogens with one attached hydrogen (secondary N) is 2. The van der Waals surface area contributed by atoms with Gasteiger partial charge in [-0.1, -0.05) is 0 Å². The lowest BCUT2D eigenvalue weighted by atomic mass is 10.1. The molecule has 48 valence electrons. The fraction of sp³-hybridized carbons (Fsp3) is 1.00. The van der Waals surface area contributed by atoms with Crippen LogP contribution in [0.5, 0.6) is 0 Å². The molecule has 1 aliphatic heterocycles. The highest BCUT2D eigenvalue weighted by Crippen LogP contribution is 2.04. The summed E-state index contributed by atoms with van der Waals surface area (Å²) >= 11 is 0. The van der Waals surface area contributed by atoms with E-state index in [1.807, 2.05) is 7.05 Å². The SMILES string of the molecule is CNC[C@H]1CCNC1. The average Bonchev–Trinajstić information content (AvgIpc) is 2.19. The monoisotopic (exact) mass is 114 g/mol. The number of hydrogen-bond donors (Lipinski definition) is 2. The van der Waals surface area contributed by atoms with Gasteiger partial charge in [0.15, 0.2) is 0 Å². The zero-order chi connectivity index (χ0) is 5.82. The third-order valence-electron chi connectivity index (χ3n) is 1.66. The third-order valence-corrected chi connectivity index (χ3v) is 1.66. The second kappa shape index (κ2) is 3.05. The summed E-state index contributed by atoms with van der Waals surface area (Å²) in [6.45, 7) is 3.60. The van der Waals surface area contributed by atoms with E-state index in [-0.39, 0.29) is 0 Å². The molecule has 0 aromatic rings. The standard InChI is InChI=1S/C6H14N2/c1-7-4-6-2-3-8-5-6/h6-8H,2-5H2,1H3/t6-/m1/s1. The van der Waals surface area contributed by atoms with Crippen LogP contribution < -0.4 is 10.6 Å². The summed E-state index contributed by atoms with van der Waals surface area (Å²) in [4.78, 5) is 0. The smallest absolute Gasteiger partial charge is 0.000790 e. The fourth-order valence-corrected chi connectivity index (χ4v) is 1.18. The van der Waals surface area contributed by atoms with Crippen LogP contribution in [-0.4, -0.2) is 26.7 Å². The molecule has 8 heavy (non-hydrogen) atoms. The largest absolute Gasteiger partial charge is 0.319 e. The first-order valence-electron chi connectivity index (χ1n) is 3.29. The van der Waals surface area contributed by atoms with E-state index in [1.165, 1.54) is 26.1 Å². The molecule has 0 radical (unpaired) electrons. The molecule has 1 fully saturated rings. The molecule has 0 bridgehead atoms. The molecular weight excluding hydrogens is 100 g/mol. The van der Waals surface area contributed by atoms with Gasteiger partial charge in [-0.3, -0.25) is 0 Å². The van der Waals surface area contributed by atoms with Gasteiger partial charge >= 0.3 is 0 Å². The summed E-state index contributed by atoms with van der Waals surface area (Å²) in [5.41, 5.74) is 0. The van der Waals surface area contributed by atoms with E-state index in [4.69, 9.17) is 0 Å². The molecule has 1 heterocycles. The lowest BCUT2D eigenvalue weighted by Crippen LogP contribution is -2.20. The first kappa shape index (κ1) is 6.05. The predicted octanol–water partition coefficient (Wildman–Crippen LogP) is -0.185. The van der Waals surface area contributed by atoms with Crippen LogP contribution in [0.1, 0.15) is 6.42 Å². The first-order valence-corrected chi connectivity index (χ1v) is 3.29. The average molecular weight is 114 g/mol. The Morgan fingerprint density at radius 1 is 1.75 bits per heavy atom. The molecule has 1 rings (SSSR count). The van der Waals surface area contributed by atoms with Gasteiger partial charge < -0.3 is 10.6 Å². The Hall–Kier alpha value is -0.0800. The summed E-state index contributed by atoms with van der Waals surface area (Å²) in [5, 5.41) is 6.49. The predicted molar refractivity (Wildman–Crippen MR) is 34.9 cm³/mol. The molecule has 0 spiro atoms. The van der Waals surface area contributed by atoms with Crippen molar-refractivity contribution < 1.29 is 0 Å². The van der Waals surface area contributed by atoms with Gasteiger partial charge in [-0.05, 0) is 39.0 Å². The van der Waals surface area contributed by atoms with Crippen molar-refractivity contribution in [3.05, 3.63) is 0 Å². The second-order valence-corrected chi connectivity index (χ2v) is 2.42. The molecule has 2 heteroatoms. The van der Waals surface area contributed by atoms with Crippen LogP contribution in [-0.2, 0) is 0 Å². The quantitative estimate of drug-likeness (QED) is 0.520. The summed E-state index contributed by atoms with van der Waals surface area (Å²) < 4.78 is 0. The van der Waals surface area contributed by atoms with Crippen LogP contribution in [0.2, 0.25) is 0 Å². The Morgan fingerprint density at radius 3 is 3.12 bits per heavy atom. The molecule has 2 N–H and O–H groups in total. The van der Waals surface area contributed by atoms with E-state index in [2.05, 4.69) is 10.6 Å². The Bertz CT molecular complexity index is 57.5. The lowest BCUT2D eigenvalue weighted by Gasteiger charge is -2.04. The molecule has 1 saturated heterocycles. The minimum atomic E-state index is 0.889. The normalized spacial score (nSPS) is 28.9. The molecule has 0 aromatic carbocycles. The third kappa shape index (κ3) is 1.46.